The van der Waals surface area contributed by atoms with Gasteiger partial charge in [-0.1, -0.05) is 0 Å². The summed E-state index contributed by atoms with van der Waals surface area (Å²) in [6.07, 6.45) is -1.80. The molecule has 2 aromatic rings. The molecule has 0 bridgehead atoms. The van der Waals surface area contributed by atoms with E-state index in [-0.39, 0.29) is 24.7 Å². The summed E-state index contributed by atoms with van der Waals surface area (Å²) in [5, 5.41) is 2.75. The molecule has 5 nitrogen and oxygen atoms in total. The second kappa shape index (κ2) is 7.64. The van der Waals surface area contributed by atoms with Crippen molar-refractivity contribution in [2.24, 2.45) is 11.8 Å². The number of carbonyl (C=O) groups excluding carboxylic acids is 1. The van der Waals surface area contributed by atoms with Crippen LogP contribution in [0.15, 0.2) is 24.4 Å². The summed E-state index contributed by atoms with van der Waals surface area (Å²) in [5.41, 5.74) is 0.518. The molecule has 2 aliphatic rings. The van der Waals surface area contributed by atoms with E-state index in [1.54, 1.807) is 17.8 Å². The van der Waals surface area contributed by atoms with E-state index in [1.807, 2.05) is 0 Å². The summed E-state index contributed by atoms with van der Waals surface area (Å²) in [7, 11) is 1.57. The minimum absolute atomic E-state index is 0.0625. The van der Waals surface area contributed by atoms with Crippen LogP contribution in [0, 0.1) is 23.5 Å². The highest BCUT2D eigenvalue weighted by molar-refractivity contribution is 5.80. The highest BCUT2D eigenvalue weighted by atomic mass is 19.4. The second-order valence-corrected chi connectivity index (χ2v) is 8.04. The van der Waals surface area contributed by atoms with Gasteiger partial charge < -0.3 is 14.8 Å². The number of nitrogens with one attached hydrogen (secondary N) is 1. The minimum atomic E-state index is -4.43. The number of likely N-dealkylation sites (tertiary alicyclic amines) is 1. The standard InChI is InChI=1S/C20H21F5N4O/c1-28-8-14(15(9-28)20(23,24)25)19(30)26-12-3-5-18-27-17(10-29(18)7-12)13-4-2-11(21)6-16(13)22/h2,4,6,10,12,14-15H,3,5,7-9H2,1H3,(H,26,30). The summed E-state index contributed by atoms with van der Waals surface area (Å²) in [5.74, 6) is -4.13. The van der Waals surface area contributed by atoms with Gasteiger partial charge in [0.15, 0.2) is 0 Å². The average Bonchev–Trinajstić information content (AvgIpc) is 3.24. The fourth-order valence-corrected chi connectivity index (χ4v) is 4.29. The van der Waals surface area contributed by atoms with Crippen molar-refractivity contribution in [3.05, 3.63) is 41.9 Å². The lowest BCUT2D eigenvalue weighted by Crippen LogP contribution is -2.47. The third kappa shape index (κ3) is 4.05. The molecule has 3 unspecified atom stereocenters. The van der Waals surface area contributed by atoms with Crippen molar-refractivity contribution in [3.63, 3.8) is 0 Å². The van der Waals surface area contributed by atoms with E-state index in [0.717, 1.165) is 12.1 Å². The molecule has 1 N–H and O–H groups in total. The predicted octanol–water partition coefficient (Wildman–Crippen LogP) is 3.00. The first-order valence-electron chi connectivity index (χ1n) is 9.69. The van der Waals surface area contributed by atoms with Gasteiger partial charge in [0.2, 0.25) is 5.91 Å². The van der Waals surface area contributed by atoms with Crippen LogP contribution in [0.3, 0.4) is 0 Å². The van der Waals surface area contributed by atoms with Crippen LogP contribution in [-0.2, 0) is 17.8 Å². The molecule has 2 aliphatic heterocycles. The summed E-state index contributed by atoms with van der Waals surface area (Å²) in [6, 6.07) is 2.90. The Bertz CT molecular complexity index is 957. The molecule has 1 aromatic heterocycles. The van der Waals surface area contributed by atoms with Gasteiger partial charge in [0, 0.05) is 49.9 Å². The Morgan fingerprint density at radius 1 is 1.20 bits per heavy atom. The lowest BCUT2D eigenvalue weighted by molar-refractivity contribution is -0.183. The first-order chi connectivity index (χ1) is 14.1. The lowest BCUT2D eigenvalue weighted by Gasteiger charge is -2.27. The molecule has 0 saturated carbocycles. The van der Waals surface area contributed by atoms with Crippen LogP contribution in [0.5, 0.6) is 0 Å². The third-order valence-electron chi connectivity index (χ3n) is 5.81. The van der Waals surface area contributed by atoms with E-state index < -0.39 is 35.6 Å². The van der Waals surface area contributed by atoms with Gasteiger partial charge in [-0.15, -0.1) is 0 Å². The Balaban J connectivity index is 1.46. The Morgan fingerprint density at radius 2 is 1.97 bits per heavy atom. The van der Waals surface area contributed by atoms with E-state index in [4.69, 9.17) is 0 Å². The largest absolute Gasteiger partial charge is 0.393 e. The molecular formula is C20H21F5N4O. The van der Waals surface area contributed by atoms with E-state index in [2.05, 4.69) is 10.3 Å². The van der Waals surface area contributed by atoms with Crippen LogP contribution in [-0.4, -0.2) is 52.7 Å². The van der Waals surface area contributed by atoms with Gasteiger partial charge in [-0.3, -0.25) is 4.79 Å². The van der Waals surface area contributed by atoms with Crippen LogP contribution in [0.4, 0.5) is 22.0 Å². The number of hydrogen-bond acceptors (Lipinski definition) is 3. The summed E-state index contributed by atoms with van der Waals surface area (Å²) in [4.78, 5) is 18.5. The fourth-order valence-electron chi connectivity index (χ4n) is 4.29. The summed E-state index contributed by atoms with van der Waals surface area (Å²) in [6.45, 7) is 0.202. The first kappa shape index (κ1) is 20.8. The molecule has 0 spiro atoms. The Labute approximate surface area is 169 Å². The van der Waals surface area contributed by atoms with E-state index >= 15 is 0 Å². The molecule has 3 atom stereocenters. The smallest absolute Gasteiger partial charge is 0.351 e. The van der Waals surface area contributed by atoms with Crippen molar-refractivity contribution in [1.82, 2.24) is 19.8 Å². The lowest BCUT2D eigenvalue weighted by atomic mass is 9.94. The molecule has 1 aromatic carbocycles. The van der Waals surface area contributed by atoms with E-state index in [1.165, 1.54) is 11.0 Å². The van der Waals surface area contributed by atoms with Crippen molar-refractivity contribution in [1.29, 1.82) is 0 Å². The molecule has 1 amide bonds. The number of nitrogens with zero attached hydrogens (tertiary/aromatic N) is 3. The number of fused-ring (bicyclic) bond motifs is 1. The predicted molar refractivity (Wildman–Crippen MR) is 98.4 cm³/mol. The molecule has 4 rings (SSSR count). The zero-order valence-electron chi connectivity index (χ0n) is 16.2. The molecule has 1 fully saturated rings. The van der Waals surface area contributed by atoms with Crippen LogP contribution in [0.1, 0.15) is 12.2 Å². The monoisotopic (exact) mass is 428 g/mol. The van der Waals surface area contributed by atoms with Crippen molar-refractivity contribution in [2.45, 2.75) is 31.6 Å². The summed E-state index contributed by atoms with van der Waals surface area (Å²) >= 11 is 0. The van der Waals surface area contributed by atoms with Crippen LogP contribution in [0.25, 0.3) is 11.3 Å². The highest BCUT2D eigenvalue weighted by Gasteiger charge is 2.51. The van der Waals surface area contributed by atoms with Gasteiger partial charge in [0.1, 0.15) is 17.5 Å². The number of imidazole rings is 1. The summed E-state index contributed by atoms with van der Waals surface area (Å²) < 4.78 is 68.7. The topological polar surface area (TPSA) is 50.2 Å². The number of amides is 1. The number of aromatic nitrogens is 2. The van der Waals surface area contributed by atoms with E-state index in [9.17, 15) is 26.7 Å². The number of carbonyl (C=O) groups is 1. The van der Waals surface area contributed by atoms with Crippen molar-refractivity contribution >= 4 is 5.91 Å². The van der Waals surface area contributed by atoms with Crippen molar-refractivity contribution in [3.8, 4) is 11.3 Å². The number of aryl methyl sites for hydroxylation is 1. The van der Waals surface area contributed by atoms with Gasteiger partial charge in [0.25, 0.3) is 0 Å². The molecule has 162 valence electrons. The molecule has 3 heterocycles. The molecule has 30 heavy (non-hydrogen) atoms. The van der Waals surface area contributed by atoms with Gasteiger partial charge >= 0.3 is 6.18 Å². The number of benzene rings is 1. The number of halogens is 5. The van der Waals surface area contributed by atoms with Crippen molar-refractivity contribution < 1.29 is 26.7 Å². The number of alkyl halides is 3. The van der Waals surface area contributed by atoms with Crippen LogP contribution >= 0.6 is 0 Å². The highest BCUT2D eigenvalue weighted by Crippen LogP contribution is 2.37. The number of rotatable bonds is 3. The third-order valence-corrected chi connectivity index (χ3v) is 5.81. The quantitative estimate of drug-likeness (QED) is 0.765. The Hall–Kier alpha value is -2.49. The maximum absolute atomic E-state index is 14.0. The Morgan fingerprint density at radius 3 is 2.67 bits per heavy atom. The molecule has 0 radical (unpaired) electrons. The maximum atomic E-state index is 14.0. The minimum Gasteiger partial charge on any atom is -0.351 e. The van der Waals surface area contributed by atoms with Crippen molar-refractivity contribution in [2.75, 3.05) is 20.1 Å². The second-order valence-electron chi connectivity index (χ2n) is 8.04. The van der Waals surface area contributed by atoms with Crippen LogP contribution < -0.4 is 5.32 Å². The van der Waals surface area contributed by atoms with Gasteiger partial charge in [-0.2, -0.15) is 13.2 Å². The fraction of sp³-hybridized carbons (Fsp3) is 0.500. The zero-order valence-corrected chi connectivity index (χ0v) is 16.2. The van der Waals surface area contributed by atoms with Gasteiger partial charge in [-0.05, 0) is 25.6 Å². The average molecular weight is 428 g/mol. The van der Waals surface area contributed by atoms with Gasteiger partial charge in [-0.25, -0.2) is 13.8 Å². The van der Waals surface area contributed by atoms with Crippen LogP contribution in [0.2, 0.25) is 0 Å². The first-order valence-corrected chi connectivity index (χ1v) is 9.69. The number of hydrogen-bond donors (Lipinski definition) is 1. The van der Waals surface area contributed by atoms with Gasteiger partial charge in [0.05, 0.1) is 17.5 Å². The maximum Gasteiger partial charge on any atom is 0.393 e. The normalized spacial score (nSPS) is 24.7. The molecule has 0 aliphatic carbocycles. The van der Waals surface area contributed by atoms with E-state index in [0.29, 0.717) is 30.9 Å². The Kier molecular flexibility index (Phi) is 5.29. The SMILES string of the molecule is CN1CC(C(=O)NC2CCc3nc(-c4ccc(F)cc4F)cn3C2)C(C(F)(F)F)C1. The molecule has 1 saturated heterocycles. The molecule has 10 heteroatoms. The molecular weight excluding hydrogens is 407 g/mol. The zero-order chi connectivity index (χ0) is 21.6.